The Morgan fingerprint density at radius 3 is 2.31 bits per heavy atom. The molecule has 1 aliphatic carbocycles. The molecular formula is C47H59N5O6Si. The van der Waals surface area contributed by atoms with Gasteiger partial charge >= 0.3 is 6.09 Å². The highest BCUT2D eigenvalue weighted by Gasteiger charge is 2.40. The number of rotatable bonds is 15. The standard InChI is InChI=1S/C47H59N5O6Si/c1-47(2,3)59(4,5)58-42(38-24-26-41(53)45-39(38)25-27-44(55)51-45)30-49-29-32-14-19-35(20-15-32)50-43(54)13-9-10-31-16-23-37(33-11-7-6-8-12-33)40(28-31)52(46(56)57)36-21-17-34(48)18-22-36/h6-8,11-12,14-16,19-20,23-28,34,36,42,49,53H,9-10,13,17-18,21-22,29-30,48H2,1-5H3,(H,50,54)(H,51,55)(H,56,57)/t34-,36-,42-/m0/s1. The normalized spacial score (nSPS) is 16.4. The molecular weight excluding hydrogens is 759 g/mol. The van der Waals surface area contributed by atoms with Crippen molar-refractivity contribution in [3.05, 3.63) is 124 Å². The number of aromatic hydroxyl groups is 1. The van der Waals surface area contributed by atoms with E-state index in [1.807, 2.05) is 78.9 Å². The number of carboxylic acid groups (broad SMARTS) is 1. The monoisotopic (exact) mass is 817 g/mol. The molecule has 6 rings (SSSR count). The molecule has 0 radical (unpaired) electrons. The Morgan fingerprint density at radius 2 is 1.63 bits per heavy atom. The number of aryl methyl sites for hydroxylation is 1. The van der Waals surface area contributed by atoms with Crippen molar-refractivity contribution >= 4 is 42.6 Å². The number of nitrogens with zero attached hydrogens (tertiary/aromatic N) is 1. The summed E-state index contributed by atoms with van der Waals surface area (Å²) in [6.07, 6.45) is 3.28. The number of fused-ring (bicyclic) bond motifs is 1. The maximum absolute atomic E-state index is 13.1. The molecule has 1 heterocycles. The van der Waals surface area contributed by atoms with Gasteiger partial charge in [0.2, 0.25) is 11.5 Å². The summed E-state index contributed by atoms with van der Waals surface area (Å²) in [4.78, 5) is 42.2. The summed E-state index contributed by atoms with van der Waals surface area (Å²) in [5, 5.41) is 28.3. The van der Waals surface area contributed by atoms with Gasteiger partial charge < -0.3 is 36.0 Å². The molecule has 2 amide bonds. The average molecular weight is 818 g/mol. The van der Waals surface area contributed by atoms with Crippen LogP contribution in [0.5, 0.6) is 5.75 Å². The minimum atomic E-state index is -2.22. The number of carbonyl (C=O) groups excluding carboxylic acids is 1. The van der Waals surface area contributed by atoms with Crippen molar-refractivity contribution in [1.82, 2.24) is 10.3 Å². The van der Waals surface area contributed by atoms with Crippen LogP contribution in [0.2, 0.25) is 18.1 Å². The molecule has 0 bridgehead atoms. The first-order chi connectivity index (χ1) is 28.1. The summed E-state index contributed by atoms with van der Waals surface area (Å²) in [5.41, 5.74) is 12.4. The molecule has 5 aromatic rings. The van der Waals surface area contributed by atoms with E-state index in [1.165, 1.54) is 11.0 Å². The Balaban J connectivity index is 1.06. The number of aromatic nitrogens is 1. The first-order valence-corrected chi connectivity index (χ1v) is 23.6. The highest BCUT2D eigenvalue weighted by Crippen LogP contribution is 2.41. The maximum atomic E-state index is 13.1. The lowest BCUT2D eigenvalue weighted by Crippen LogP contribution is -2.44. The number of nitrogens with two attached hydrogens (primary N) is 1. The van der Waals surface area contributed by atoms with Gasteiger partial charge in [-0.2, -0.15) is 0 Å². The van der Waals surface area contributed by atoms with Gasteiger partial charge in [0.05, 0.1) is 17.3 Å². The number of anilines is 2. The summed E-state index contributed by atoms with van der Waals surface area (Å²) < 4.78 is 6.93. The van der Waals surface area contributed by atoms with Crippen LogP contribution in [0.1, 0.15) is 82.1 Å². The second kappa shape index (κ2) is 18.8. The van der Waals surface area contributed by atoms with Crippen LogP contribution in [0.25, 0.3) is 22.0 Å². The third-order valence-corrected chi connectivity index (χ3v) is 16.5. The average Bonchev–Trinajstić information content (AvgIpc) is 3.19. The lowest BCUT2D eigenvalue weighted by molar-refractivity contribution is -0.116. The smallest absolute Gasteiger partial charge is 0.412 e. The quantitative estimate of drug-likeness (QED) is 0.0568. The van der Waals surface area contributed by atoms with E-state index in [0.29, 0.717) is 49.2 Å². The molecule has 1 atom stereocenters. The third kappa shape index (κ3) is 10.9. The predicted octanol–water partition coefficient (Wildman–Crippen LogP) is 9.47. The summed E-state index contributed by atoms with van der Waals surface area (Å²) in [5.74, 6) is -0.0727. The molecule has 4 aromatic carbocycles. The van der Waals surface area contributed by atoms with E-state index in [2.05, 4.69) is 49.5 Å². The number of carbonyl (C=O) groups is 2. The van der Waals surface area contributed by atoms with Crippen LogP contribution in [0.15, 0.2) is 102 Å². The Hall–Kier alpha value is -5.27. The first kappa shape index (κ1) is 43.3. The fourth-order valence-corrected chi connectivity index (χ4v) is 8.90. The van der Waals surface area contributed by atoms with Crippen LogP contribution in [0.4, 0.5) is 16.2 Å². The van der Waals surface area contributed by atoms with Gasteiger partial charge in [-0.05, 0) is 109 Å². The second-order valence-corrected chi connectivity index (χ2v) is 22.1. The molecule has 0 saturated heterocycles. The zero-order valence-electron chi connectivity index (χ0n) is 34.9. The Kier molecular flexibility index (Phi) is 13.8. The Labute approximate surface area is 348 Å². The lowest BCUT2D eigenvalue weighted by Gasteiger charge is -2.39. The molecule has 0 aliphatic heterocycles. The van der Waals surface area contributed by atoms with Gasteiger partial charge in [-0.1, -0.05) is 81.4 Å². The Bertz CT molecular complexity index is 2280. The number of phenolic OH excluding ortho intramolecular Hbond substituents is 1. The van der Waals surface area contributed by atoms with Crippen LogP contribution in [0.3, 0.4) is 0 Å². The summed E-state index contributed by atoms with van der Waals surface area (Å²) in [6.45, 7) is 12.1. The number of pyridine rings is 1. The molecule has 1 fully saturated rings. The summed E-state index contributed by atoms with van der Waals surface area (Å²) >= 11 is 0. The van der Waals surface area contributed by atoms with E-state index in [0.717, 1.165) is 58.9 Å². The third-order valence-electron chi connectivity index (χ3n) is 12.0. The van der Waals surface area contributed by atoms with Crippen molar-refractivity contribution in [3.63, 3.8) is 0 Å². The van der Waals surface area contributed by atoms with E-state index in [9.17, 15) is 24.6 Å². The van der Waals surface area contributed by atoms with Crippen molar-refractivity contribution in [2.24, 2.45) is 5.73 Å². The Morgan fingerprint density at radius 1 is 0.932 bits per heavy atom. The predicted molar refractivity (Wildman–Crippen MR) is 240 cm³/mol. The number of amides is 2. The van der Waals surface area contributed by atoms with Crippen LogP contribution in [0, 0.1) is 0 Å². The van der Waals surface area contributed by atoms with E-state index >= 15 is 0 Å². The highest BCUT2D eigenvalue weighted by molar-refractivity contribution is 6.74. The molecule has 12 heteroatoms. The van der Waals surface area contributed by atoms with Gasteiger partial charge in [-0.3, -0.25) is 14.5 Å². The second-order valence-electron chi connectivity index (χ2n) is 17.3. The molecule has 1 saturated carbocycles. The molecule has 0 unspecified atom stereocenters. The van der Waals surface area contributed by atoms with Crippen LogP contribution in [-0.4, -0.2) is 54.1 Å². The van der Waals surface area contributed by atoms with Crippen molar-refractivity contribution in [2.75, 3.05) is 16.8 Å². The summed E-state index contributed by atoms with van der Waals surface area (Å²) in [6, 6.07) is 30.3. The maximum Gasteiger partial charge on any atom is 0.412 e. The zero-order valence-corrected chi connectivity index (χ0v) is 35.9. The SMILES string of the molecule is CC(C)(C)[Si](C)(C)O[C@@H](CNCc1ccc(NC(=O)CCCc2ccc(-c3ccccc3)c(N(C(=O)O)[C@H]3CC[C@H](N)CC3)c2)cc1)c1ccc(O)c2[nH]c(=O)ccc12. The number of nitrogens with one attached hydrogen (secondary N) is 3. The molecule has 11 nitrogen and oxygen atoms in total. The van der Waals surface area contributed by atoms with Crippen molar-refractivity contribution in [2.45, 2.75) is 109 Å². The number of phenols is 1. The minimum absolute atomic E-state index is 0.0146. The zero-order chi connectivity index (χ0) is 42.3. The number of H-pyrrole nitrogens is 1. The fraction of sp³-hybridized carbons (Fsp3) is 0.383. The van der Waals surface area contributed by atoms with E-state index in [1.54, 1.807) is 12.1 Å². The van der Waals surface area contributed by atoms with Gasteiger partial charge in [0.15, 0.2) is 8.32 Å². The molecule has 7 N–H and O–H groups in total. The first-order valence-electron chi connectivity index (χ1n) is 20.7. The molecule has 312 valence electrons. The number of hydrogen-bond acceptors (Lipinski definition) is 7. The van der Waals surface area contributed by atoms with Crippen LogP contribution < -0.4 is 26.8 Å². The van der Waals surface area contributed by atoms with Crippen molar-refractivity contribution in [3.8, 4) is 16.9 Å². The fourth-order valence-electron chi connectivity index (χ4n) is 7.63. The van der Waals surface area contributed by atoms with Crippen LogP contribution in [-0.2, 0) is 22.2 Å². The van der Waals surface area contributed by atoms with Gasteiger partial charge in [-0.15, -0.1) is 0 Å². The number of benzene rings is 4. The molecule has 0 spiro atoms. The number of hydrogen-bond donors (Lipinski definition) is 6. The topological polar surface area (TPSA) is 170 Å². The molecule has 1 aliphatic rings. The van der Waals surface area contributed by atoms with Crippen LogP contribution >= 0.6 is 0 Å². The largest absolute Gasteiger partial charge is 0.506 e. The van der Waals surface area contributed by atoms with Gasteiger partial charge in [0.25, 0.3) is 0 Å². The van der Waals surface area contributed by atoms with Gasteiger partial charge in [-0.25, -0.2) is 4.79 Å². The number of aromatic amines is 1. The lowest BCUT2D eigenvalue weighted by atomic mass is 9.89. The summed E-state index contributed by atoms with van der Waals surface area (Å²) in [7, 11) is -2.22. The molecule has 1 aromatic heterocycles. The van der Waals surface area contributed by atoms with E-state index in [4.69, 9.17) is 10.2 Å². The van der Waals surface area contributed by atoms with Crippen molar-refractivity contribution in [1.29, 1.82) is 0 Å². The van der Waals surface area contributed by atoms with E-state index in [-0.39, 0.29) is 40.4 Å². The minimum Gasteiger partial charge on any atom is -0.506 e. The highest BCUT2D eigenvalue weighted by atomic mass is 28.4. The van der Waals surface area contributed by atoms with Gasteiger partial charge in [0, 0.05) is 54.3 Å². The van der Waals surface area contributed by atoms with Gasteiger partial charge in [0.1, 0.15) is 5.75 Å². The molecule has 59 heavy (non-hydrogen) atoms. The van der Waals surface area contributed by atoms with Crippen molar-refractivity contribution < 1.29 is 24.2 Å². The van der Waals surface area contributed by atoms with E-state index < -0.39 is 14.4 Å².